The average Bonchev–Trinajstić information content (AvgIpc) is 2.54. The van der Waals surface area contributed by atoms with Crippen molar-refractivity contribution in [2.24, 2.45) is 0 Å². The zero-order chi connectivity index (χ0) is 14.9. The molecule has 0 heterocycles. The van der Waals surface area contributed by atoms with Crippen molar-refractivity contribution in [3.63, 3.8) is 0 Å². The number of benzene rings is 2. The van der Waals surface area contributed by atoms with Gasteiger partial charge in [-0.05, 0) is 11.1 Å². The minimum atomic E-state index is -0.572. The average molecular weight is 304 g/mol. The fourth-order valence-electron chi connectivity index (χ4n) is 1.76. The SMILES string of the molecule is N=C(OCc1ccccc1)C(Cl)COCc1ccccc1. The van der Waals surface area contributed by atoms with Gasteiger partial charge in [-0.25, -0.2) is 0 Å². The van der Waals surface area contributed by atoms with Crippen LogP contribution < -0.4 is 0 Å². The number of nitrogens with one attached hydrogen (secondary N) is 1. The maximum absolute atomic E-state index is 7.79. The second-order valence-electron chi connectivity index (χ2n) is 4.61. The van der Waals surface area contributed by atoms with Crippen LogP contribution in [0.5, 0.6) is 0 Å². The van der Waals surface area contributed by atoms with E-state index in [1.807, 2.05) is 60.7 Å². The van der Waals surface area contributed by atoms with Crippen LogP contribution in [0, 0.1) is 5.41 Å². The Kier molecular flexibility index (Phi) is 6.25. The van der Waals surface area contributed by atoms with Crippen LogP contribution in [0.2, 0.25) is 0 Å². The number of rotatable bonds is 7. The lowest BCUT2D eigenvalue weighted by Gasteiger charge is -2.13. The van der Waals surface area contributed by atoms with E-state index in [-0.39, 0.29) is 12.5 Å². The highest BCUT2D eigenvalue weighted by Gasteiger charge is 2.13. The molecule has 4 heteroatoms. The monoisotopic (exact) mass is 303 g/mol. The van der Waals surface area contributed by atoms with Crippen molar-refractivity contribution in [2.45, 2.75) is 18.6 Å². The molecule has 2 aromatic rings. The van der Waals surface area contributed by atoms with Crippen LogP contribution in [0.3, 0.4) is 0 Å². The first-order valence-electron chi connectivity index (χ1n) is 6.76. The molecule has 0 amide bonds. The van der Waals surface area contributed by atoms with Crippen molar-refractivity contribution in [1.82, 2.24) is 0 Å². The molecule has 0 spiro atoms. The van der Waals surface area contributed by atoms with Gasteiger partial charge in [0.05, 0.1) is 13.2 Å². The van der Waals surface area contributed by atoms with Crippen LogP contribution in [0.25, 0.3) is 0 Å². The summed E-state index contributed by atoms with van der Waals surface area (Å²) in [5, 5.41) is 7.22. The fraction of sp³-hybridized carbons (Fsp3) is 0.235. The van der Waals surface area contributed by atoms with E-state index in [4.69, 9.17) is 26.5 Å². The van der Waals surface area contributed by atoms with E-state index in [0.717, 1.165) is 11.1 Å². The first kappa shape index (κ1) is 15.5. The zero-order valence-corrected chi connectivity index (χ0v) is 12.4. The van der Waals surface area contributed by atoms with Crippen molar-refractivity contribution >= 4 is 17.5 Å². The van der Waals surface area contributed by atoms with Gasteiger partial charge in [-0.3, -0.25) is 5.41 Å². The van der Waals surface area contributed by atoms with E-state index in [1.54, 1.807) is 0 Å². The lowest BCUT2D eigenvalue weighted by molar-refractivity contribution is 0.124. The summed E-state index contributed by atoms with van der Waals surface area (Å²) in [5.41, 5.74) is 2.09. The Balaban J connectivity index is 1.68. The first-order chi connectivity index (χ1) is 10.3. The number of hydrogen-bond acceptors (Lipinski definition) is 3. The summed E-state index contributed by atoms with van der Waals surface area (Å²) in [5.74, 6) is 0.0357. The lowest BCUT2D eigenvalue weighted by atomic mass is 10.2. The molecular formula is C17H18ClNO2. The summed E-state index contributed by atoms with van der Waals surface area (Å²) in [7, 11) is 0. The van der Waals surface area contributed by atoms with Crippen molar-refractivity contribution in [1.29, 1.82) is 5.41 Å². The molecule has 1 atom stereocenters. The molecular weight excluding hydrogens is 286 g/mol. The van der Waals surface area contributed by atoms with Crippen LogP contribution in [0.1, 0.15) is 11.1 Å². The van der Waals surface area contributed by atoms with E-state index in [9.17, 15) is 0 Å². The van der Waals surface area contributed by atoms with Crippen LogP contribution in [0.4, 0.5) is 0 Å². The van der Waals surface area contributed by atoms with Crippen molar-refractivity contribution < 1.29 is 9.47 Å². The van der Waals surface area contributed by atoms with Gasteiger partial charge in [0.1, 0.15) is 12.0 Å². The van der Waals surface area contributed by atoms with Crippen LogP contribution >= 0.6 is 11.6 Å². The highest BCUT2D eigenvalue weighted by Crippen LogP contribution is 2.07. The second-order valence-corrected chi connectivity index (χ2v) is 5.13. The van der Waals surface area contributed by atoms with E-state index >= 15 is 0 Å². The topological polar surface area (TPSA) is 42.3 Å². The first-order valence-corrected chi connectivity index (χ1v) is 7.20. The molecule has 0 radical (unpaired) electrons. The van der Waals surface area contributed by atoms with E-state index < -0.39 is 5.38 Å². The minimum absolute atomic E-state index is 0.0357. The Morgan fingerprint density at radius 3 is 2.00 bits per heavy atom. The maximum atomic E-state index is 7.79. The standard InChI is InChI=1S/C17H18ClNO2/c18-16(13-20-11-14-7-3-1-4-8-14)17(19)21-12-15-9-5-2-6-10-15/h1-10,16,19H,11-13H2. The Morgan fingerprint density at radius 2 is 1.43 bits per heavy atom. The van der Waals surface area contributed by atoms with Crippen LogP contribution in [-0.2, 0) is 22.7 Å². The molecule has 1 N–H and O–H groups in total. The molecule has 1 unspecified atom stereocenters. The molecule has 0 saturated carbocycles. The molecule has 0 saturated heterocycles. The number of hydrogen-bond donors (Lipinski definition) is 1. The maximum Gasteiger partial charge on any atom is 0.201 e. The molecule has 21 heavy (non-hydrogen) atoms. The quantitative estimate of drug-likeness (QED) is 0.477. The van der Waals surface area contributed by atoms with Gasteiger partial charge in [0.2, 0.25) is 5.90 Å². The third-order valence-electron chi connectivity index (χ3n) is 2.90. The van der Waals surface area contributed by atoms with Gasteiger partial charge in [0.25, 0.3) is 0 Å². The number of ether oxygens (including phenoxy) is 2. The summed E-state index contributed by atoms with van der Waals surface area (Å²) in [6.07, 6.45) is 0. The minimum Gasteiger partial charge on any atom is -0.475 e. The largest absolute Gasteiger partial charge is 0.475 e. The number of alkyl halides is 1. The van der Waals surface area contributed by atoms with Gasteiger partial charge in [0.15, 0.2) is 0 Å². The molecule has 0 fully saturated rings. The van der Waals surface area contributed by atoms with Gasteiger partial charge in [-0.15, -0.1) is 11.6 Å². The molecule has 2 rings (SSSR count). The molecule has 0 aliphatic carbocycles. The highest BCUT2D eigenvalue weighted by atomic mass is 35.5. The van der Waals surface area contributed by atoms with Crippen LogP contribution in [0.15, 0.2) is 60.7 Å². The predicted octanol–water partition coefficient (Wildman–Crippen LogP) is 4.00. The van der Waals surface area contributed by atoms with Gasteiger partial charge >= 0.3 is 0 Å². The molecule has 0 aliphatic heterocycles. The highest BCUT2D eigenvalue weighted by molar-refractivity contribution is 6.30. The van der Waals surface area contributed by atoms with Crippen molar-refractivity contribution in [3.8, 4) is 0 Å². The van der Waals surface area contributed by atoms with Gasteiger partial charge in [0, 0.05) is 0 Å². The Bertz CT molecular complexity index is 545. The summed E-state index contributed by atoms with van der Waals surface area (Å²) >= 11 is 6.09. The zero-order valence-electron chi connectivity index (χ0n) is 11.7. The predicted molar refractivity (Wildman–Crippen MR) is 84.7 cm³/mol. The molecule has 110 valence electrons. The molecule has 0 aromatic heterocycles. The lowest BCUT2D eigenvalue weighted by Crippen LogP contribution is -2.22. The summed E-state index contributed by atoms with van der Waals surface area (Å²) in [6, 6.07) is 19.6. The normalized spacial score (nSPS) is 11.9. The summed E-state index contributed by atoms with van der Waals surface area (Å²) in [6.45, 7) is 1.08. The van der Waals surface area contributed by atoms with Gasteiger partial charge < -0.3 is 9.47 Å². The molecule has 2 aromatic carbocycles. The summed E-state index contributed by atoms with van der Waals surface area (Å²) in [4.78, 5) is 0. The van der Waals surface area contributed by atoms with E-state index in [2.05, 4.69) is 0 Å². The third-order valence-corrected chi connectivity index (χ3v) is 3.22. The van der Waals surface area contributed by atoms with Gasteiger partial charge in [-0.2, -0.15) is 0 Å². The Labute approximate surface area is 130 Å². The Hall–Kier alpha value is -1.84. The van der Waals surface area contributed by atoms with E-state index in [1.165, 1.54) is 0 Å². The second kappa shape index (κ2) is 8.45. The van der Waals surface area contributed by atoms with Crippen LogP contribution in [-0.4, -0.2) is 17.9 Å². The Morgan fingerprint density at radius 1 is 0.905 bits per heavy atom. The van der Waals surface area contributed by atoms with Crippen molar-refractivity contribution in [2.75, 3.05) is 6.61 Å². The smallest absolute Gasteiger partial charge is 0.201 e. The third kappa shape index (κ3) is 5.58. The van der Waals surface area contributed by atoms with Crippen molar-refractivity contribution in [3.05, 3.63) is 71.8 Å². The molecule has 3 nitrogen and oxygen atoms in total. The number of halogens is 1. The molecule has 0 aliphatic rings. The summed E-state index contributed by atoms with van der Waals surface area (Å²) < 4.78 is 10.9. The van der Waals surface area contributed by atoms with E-state index in [0.29, 0.717) is 13.2 Å². The fourth-order valence-corrected chi connectivity index (χ4v) is 1.91. The molecule has 0 bridgehead atoms. The van der Waals surface area contributed by atoms with Gasteiger partial charge in [-0.1, -0.05) is 60.7 Å².